The van der Waals surface area contributed by atoms with Crippen molar-refractivity contribution in [3.05, 3.63) is 64.5 Å². The summed E-state index contributed by atoms with van der Waals surface area (Å²) >= 11 is 0. The lowest BCUT2D eigenvalue weighted by molar-refractivity contribution is -0.182. The number of morpholine rings is 1. The van der Waals surface area contributed by atoms with Crippen molar-refractivity contribution in [3.8, 4) is 0 Å². The average Bonchev–Trinajstić information content (AvgIpc) is 2.83. The first-order valence-electron chi connectivity index (χ1n) is 13.4. The zero-order valence-corrected chi connectivity index (χ0v) is 23.9. The van der Waals surface area contributed by atoms with E-state index in [0.717, 1.165) is 16.8 Å². The maximum absolute atomic E-state index is 15.6. The second-order valence-corrected chi connectivity index (χ2v) is 11.4. The Bertz CT molecular complexity index is 1180. The van der Waals surface area contributed by atoms with Crippen LogP contribution < -0.4 is 10.6 Å². The monoisotopic (exact) mass is 540 g/mol. The van der Waals surface area contributed by atoms with Gasteiger partial charge in [0.25, 0.3) is 0 Å². The van der Waals surface area contributed by atoms with Gasteiger partial charge in [-0.1, -0.05) is 37.3 Å². The molecule has 39 heavy (non-hydrogen) atoms. The Labute approximate surface area is 230 Å². The van der Waals surface area contributed by atoms with Crippen LogP contribution in [0.15, 0.2) is 36.4 Å². The lowest BCUT2D eigenvalue weighted by Gasteiger charge is -2.47. The zero-order chi connectivity index (χ0) is 28.8. The Kier molecular flexibility index (Phi) is 9.85. The molecule has 1 aliphatic rings. The van der Waals surface area contributed by atoms with Gasteiger partial charge in [0, 0.05) is 56.0 Å². The molecule has 0 unspecified atom stereocenters. The second kappa shape index (κ2) is 12.7. The molecule has 0 aliphatic carbocycles. The zero-order valence-electron chi connectivity index (χ0n) is 23.9. The van der Waals surface area contributed by atoms with E-state index in [9.17, 15) is 14.4 Å². The summed E-state index contributed by atoms with van der Waals surface area (Å²) in [7, 11) is 0. The van der Waals surface area contributed by atoms with Gasteiger partial charge in [-0.3, -0.25) is 24.6 Å². The van der Waals surface area contributed by atoms with E-state index >= 15 is 4.39 Å². The predicted octanol–water partition coefficient (Wildman–Crippen LogP) is 4.15. The van der Waals surface area contributed by atoms with Crippen molar-refractivity contribution < 1.29 is 23.5 Å². The van der Waals surface area contributed by atoms with Crippen molar-refractivity contribution in [2.75, 3.05) is 25.0 Å². The number of hydrogen-bond donors (Lipinski definition) is 2. The number of anilines is 1. The molecule has 1 fully saturated rings. The molecule has 0 atom stereocenters. The van der Waals surface area contributed by atoms with Gasteiger partial charge in [0.1, 0.15) is 12.4 Å². The van der Waals surface area contributed by atoms with Gasteiger partial charge in [0.05, 0.1) is 11.2 Å². The first-order valence-corrected chi connectivity index (χ1v) is 13.4. The molecule has 9 heteroatoms. The smallest absolute Gasteiger partial charge is 0.246 e. The molecule has 1 saturated heterocycles. The molecule has 8 nitrogen and oxygen atoms in total. The number of rotatable bonds is 11. The van der Waals surface area contributed by atoms with E-state index in [-0.39, 0.29) is 43.1 Å². The van der Waals surface area contributed by atoms with Crippen molar-refractivity contribution >= 4 is 23.9 Å². The molecule has 2 N–H and O–H groups in total. The van der Waals surface area contributed by atoms with Gasteiger partial charge in [-0.05, 0) is 51.8 Å². The fraction of sp³-hybridized carbons (Fsp3) is 0.500. The fourth-order valence-corrected chi connectivity index (χ4v) is 5.26. The number of ether oxygens (including phenoxy) is 1. The van der Waals surface area contributed by atoms with Gasteiger partial charge in [0.15, 0.2) is 0 Å². The number of benzene rings is 2. The third-order valence-corrected chi connectivity index (χ3v) is 6.65. The Morgan fingerprint density at radius 1 is 1.05 bits per heavy atom. The maximum atomic E-state index is 15.6. The lowest BCUT2D eigenvalue weighted by atomic mass is 9.98. The summed E-state index contributed by atoms with van der Waals surface area (Å²) < 4.78 is 21.8. The average molecular weight is 541 g/mol. The van der Waals surface area contributed by atoms with Crippen LogP contribution in [0.3, 0.4) is 0 Å². The highest BCUT2D eigenvalue weighted by molar-refractivity contribution is 5.96. The molecule has 0 spiro atoms. The number of nitrogens with zero attached hydrogens (tertiary/aromatic N) is 2. The number of hydrogen-bond acceptors (Lipinski definition) is 6. The summed E-state index contributed by atoms with van der Waals surface area (Å²) in [5.41, 5.74) is 3.01. The summed E-state index contributed by atoms with van der Waals surface area (Å²) in [6.07, 6.45) is 0.766. The summed E-state index contributed by atoms with van der Waals surface area (Å²) in [6, 6.07) is 11.1. The van der Waals surface area contributed by atoms with Gasteiger partial charge in [-0.2, -0.15) is 0 Å². The number of amides is 3. The van der Waals surface area contributed by atoms with Crippen molar-refractivity contribution in [2.45, 2.75) is 78.8 Å². The molecule has 2 aromatic carbocycles. The van der Waals surface area contributed by atoms with Crippen LogP contribution in [-0.2, 0) is 38.8 Å². The topological polar surface area (TPSA) is 91.0 Å². The number of carbonyl (C=O) groups is 3. The van der Waals surface area contributed by atoms with Crippen LogP contribution in [0.5, 0.6) is 0 Å². The van der Waals surface area contributed by atoms with Gasteiger partial charge in [0.2, 0.25) is 18.2 Å². The summed E-state index contributed by atoms with van der Waals surface area (Å²) in [6.45, 7) is 13.9. The van der Waals surface area contributed by atoms with E-state index in [2.05, 4.69) is 43.2 Å². The van der Waals surface area contributed by atoms with Crippen molar-refractivity contribution in [1.29, 1.82) is 0 Å². The molecule has 1 aliphatic heterocycles. The van der Waals surface area contributed by atoms with Crippen LogP contribution in [-0.4, -0.2) is 58.9 Å². The lowest BCUT2D eigenvalue weighted by Crippen LogP contribution is -2.56. The van der Waals surface area contributed by atoms with Crippen LogP contribution >= 0.6 is 0 Å². The van der Waals surface area contributed by atoms with E-state index in [0.29, 0.717) is 37.2 Å². The van der Waals surface area contributed by atoms with Gasteiger partial charge >= 0.3 is 0 Å². The minimum Gasteiger partial charge on any atom is -0.381 e. The molecule has 3 amide bonds. The van der Waals surface area contributed by atoms with Crippen molar-refractivity contribution in [3.63, 3.8) is 0 Å². The van der Waals surface area contributed by atoms with E-state index in [4.69, 9.17) is 4.74 Å². The second-order valence-electron chi connectivity index (χ2n) is 11.4. The number of halogens is 1. The first kappa shape index (κ1) is 30.2. The summed E-state index contributed by atoms with van der Waals surface area (Å²) in [5, 5.41) is 5.58. The largest absolute Gasteiger partial charge is 0.381 e. The minimum absolute atomic E-state index is 0.164. The van der Waals surface area contributed by atoms with Gasteiger partial charge in [-0.25, -0.2) is 4.39 Å². The highest BCUT2D eigenvalue weighted by atomic mass is 19.1. The molecule has 0 saturated carbocycles. The van der Waals surface area contributed by atoms with E-state index in [1.807, 2.05) is 37.3 Å². The van der Waals surface area contributed by atoms with E-state index in [1.165, 1.54) is 4.90 Å². The fourth-order valence-electron chi connectivity index (χ4n) is 5.26. The summed E-state index contributed by atoms with van der Waals surface area (Å²) in [5.74, 6) is -1.18. The third-order valence-electron chi connectivity index (χ3n) is 6.65. The van der Waals surface area contributed by atoms with Crippen molar-refractivity contribution in [1.82, 2.24) is 15.1 Å². The molecule has 3 rings (SSSR count). The third kappa shape index (κ3) is 8.60. The van der Waals surface area contributed by atoms with Gasteiger partial charge < -0.3 is 15.0 Å². The molecule has 1 heterocycles. The first-order chi connectivity index (χ1) is 18.3. The van der Waals surface area contributed by atoms with E-state index in [1.54, 1.807) is 13.0 Å². The molecule has 2 aromatic rings. The Hall–Kier alpha value is -3.30. The highest BCUT2D eigenvalue weighted by Gasteiger charge is 2.38. The standard InChI is InChI=1S/C30H41FN4O4/c1-7-26(37)33-27(38)17-34(20-36)16-24-21(2)10-8-13-25(24)32-14-22-11-9-12-23(28(22)31)15-35-18-29(3,4)39-30(5,6)19-35/h8-13,20,32H,7,14-19H2,1-6H3,(H,33,37,38). The van der Waals surface area contributed by atoms with Crippen LogP contribution in [0.25, 0.3) is 0 Å². The van der Waals surface area contributed by atoms with Crippen molar-refractivity contribution in [2.24, 2.45) is 0 Å². The normalized spacial score (nSPS) is 16.4. The molecule has 0 bridgehead atoms. The summed E-state index contributed by atoms with van der Waals surface area (Å²) in [4.78, 5) is 38.9. The predicted molar refractivity (Wildman–Crippen MR) is 149 cm³/mol. The van der Waals surface area contributed by atoms with Gasteiger partial charge in [-0.15, -0.1) is 0 Å². The SMILES string of the molecule is CCC(=O)NC(=O)CN(C=O)Cc1c(C)cccc1NCc1cccc(CN2CC(C)(C)OC(C)(C)C2)c1F. The quantitative estimate of drug-likeness (QED) is 0.416. The molecule has 212 valence electrons. The Balaban J connectivity index is 1.72. The molecular weight excluding hydrogens is 499 g/mol. The van der Waals surface area contributed by atoms with Crippen LogP contribution in [0.4, 0.5) is 10.1 Å². The molecule has 0 aromatic heterocycles. The molecular formula is C30H41FN4O4. The number of nitrogens with one attached hydrogen (secondary N) is 2. The Morgan fingerprint density at radius 3 is 2.33 bits per heavy atom. The van der Waals surface area contributed by atoms with Crippen LogP contribution in [0.2, 0.25) is 0 Å². The number of imide groups is 1. The Morgan fingerprint density at radius 2 is 1.69 bits per heavy atom. The van der Waals surface area contributed by atoms with Crippen LogP contribution in [0.1, 0.15) is 63.3 Å². The van der Waals surface area contributed by atoms with E-state index < -0.39 is 11.8 Å². The maximum Gasteiger partial charge on any atom is 0.246 e. The minimum atomic E-state index is -0.539. The number of aryl methyl sites for hydroxylation is 1. The number of carbonyl (C=O) groups excluding carboxylic acids is 3. The molecule has 0 radical (unpaired) electrons. The highest BCUT2D eigenvalue weighted by Crippen LogP contribution is 2.30. The van der Waals surface area contributed by atoms with Crippen LogP contribution in [0, 0.1) is 12.7 Å².